The number of aromatic nitrogens is 3. The van der Waals surface area contributed by atoms with Gasteiger partial charge in [0.05, 0.1) is 19.3 Å². The van der Waals surface area contributed by atoms with Crippen LogP contribution >= 0.6 is 0 Å². The first-order valence-corrected chi connectivity index (χ1v) is 12.8. The lowest BCUT2D eigenvalue weighted by molar-refractivity contribution is 0.183. The number of anilines is 2. The molecule has 0 N–H and O–H groups in total. The predicted octanol–water partition coefficient (Wildman–Crippen LogP) is 4.89. The van der Waals surface area contributed by atoms with E-state index in [1.807, 2.05) is 25.4 Å². The van der Waals surface area contributed by atoms with E-state index in [1.165, 1.54) is 28.1 Å². The maximum absolute atomic E-state index is 5.72. The minimum atomic E-state index is 0.339. The quantitative estimate of drug-likeness (QED) is 0.510. The van der Waals surface area contributed by atoms with Gasteiger partial charge in [-0.3, -0.25) is 4.68 Å². The zero-order chi connectivity index (χ0) is 23.8. The van der Waals surface area contributed by atoms with Crippen molar-refractivity contribution in [3.8, 4) is 17.0 Å². The standard InChI is InChI=1S/C28H33N5O2/c1-3-31-14-11-26-24(18-31)28(30-33(26)23-12-15-34-19-23)32-13-5-6-21-16-20(7-9-25(21)32)22-8-10-27(29-17-22)35-4-2/h3,7-10,16-17,23H,1,4-6,11-15,18-19H2,2H3. The highest BCUT2D eigenvalue weighted by atomic mass is 16.5. The van der Waals surface area contributed by atoms with Crippen molar-refractivity contribution in [1.82, 2.24) is 19.7 Å². The van der Waals surface area contributed by atoms with E-state index < -0.39 is 0 Å². The van der Waals surface area contributed by atoms with Crippen molar-refractivity contribution in [3.63, 3.8) is 0 Å². The molecule has 3 aliphatic heterocycles. The molecule has 0 aliphatic carbocycles. The van der Waals surface area contributed by atoms with Gasteiger partial charge in [-0.25, -0.2) is 4.98 Å². The Morgan fingerprint density at radius 3 is 2.86 bits per heavy atom. The molecule has 0 radical (unpaired) electrons. The van der Waals surface area contributed by atoms with E-state index in [0.29, 0.717) is 18.5 Å². The van der Waals surface area contributed by atoms with E-state index >= 15 is 0 Å². The van der Waals surface area contributed by atoms with Crippen LogP contribution in [0.1, 0.15) is 42.6 Å². The van der Waals surface area contributed by atoms with Gasteiger partial charge in [-0.1, -0.05) is 12.6 Å². The number of hydrogen-bond acceptors (Lipinski definition) is 6. The Kier molecular flexibility index (Phi) is 5.94. The maximum Gasteiger partial charge on any atom is 0.213 e. The van der Waals surface area contributed by atoms with Crippen LogP contribution in [0.4, 0.5) is 11.5 Å². The number of ether oxygens (including phenoxy) is 2. The molecule has 1 aromatic carbocycles. The summed E-state index contributed by atoms with van der Waals surface area (Å²) in [7, 11) is 0. The van der Waals surface area contributed by atoms with Crippen LogP contribution < -0.4 is 9.64 Å². The highest BCUT2D eigenvalue weighted by molar-refractivity contribution is 5.74. The van der Waals surface area contributed by atoms with Crippen LogP contribution in [0.25, 0.3) is 11.1 Å². The lowest BCUT2D eigenvalue weighted by atomic mass is 9.96. The van der Waals surface area contributed by atoms with Gasteiger partial charge >= 0.3 is 0 Å². The van der Waals surface area contributed by atoms with E-state index in [1.54, 1.807) is 0 Å². The second kappa shape index (κ2) is 9.38. The third kappa shape index (κ3) is 4.08. The van der Waals surface area contributed by atoms with Gasteiger partial charge in [-0.05, 0) is 61.7 Å². The lowest BCUT2D eigenvalue weighted by Crippen LogP contribution is -2.29. The van der Waals surface area contributed by atoms with Gasteiger partial charge in [-0.15, -0.1) is 0 Å². The predicted molar refractivity (Wildman–Crippen MR) is 137 cm³/mol. The van der Waals surface area contributed by atoms with Crippen LogP contribution in [0.15, 0.2) is 49.3 Å². The summed E-state index contributed by atoms with van der Waals surface area (Å²) in [5, 5.41) is 5.25. The van der Waals surface area contributed by atoms with Crippen LogP contribution in [0.3, 0.4) is 0 Å². The van der Waals surface area contributed by atoms with Crippen LogP contribution in [-0.4, -0.2) is 52.6 Å². The Balaban J connectivity index is 1.36. The number of fused-ring (bicyclic) bond motifs is 2. The number of nitrogens with zero attached hydrogens (tertiary/aromatic N) is 5. The van der Waals surface area contributed by atoms with Crippen LogP contribution in [0.5, 0.6) is 5.88 Å². The minimum Gasteiger partial charge on any atom is -0.478 e. The molecule has 1 atom stereocenters. The Morgan fingerprint density at radius 1 is 1.17 bits per heavy atom. The molecule has 5 heterocycles. The molecule has 182 valence electrons. The van der Waals surface area contributed by atoms with E-state index in [2.05, 4.69) is 50.3 Å². The van der Waals surface area contributed by atoms with E-state index in [9.17, 15) is 0 Å². The molecule has 35 heavy (non-hydrogen) atoms. The monoisotopic (exact) mass is 471 g/mol. The van der Waals surface area contributed by atoms with Gasteiger partial charge in [-0.2, -0.15) is 5.10 Å². The van der Waals surface area contributed by atoms with Gasteiger partial charge in [0.1, 0.15) is 0 Å². The Hall–Kier alpha value is -3.32. The van der Waals surface area contributed by atoms with Crippen LogP contribution in [0.2, 0.25) is 0 Å². The molecular weight excluding hydrogens is 438 g/mol. The first-order valence-electron chi connectivity index (χ1n) is 12.8. The molecule has 2 aromatic heterocycles. The van der Waals surface area contributed by atoms with E-state index in [-0.39, 0.29) is 0 Å². The second-order valence-corrected chi connectivity index (χ2v) is 9.53. The van der Waals surface area contributed by atoms with Crippen molar-refractivity contribution < 1.29 is 9.47 Å². The zero-order valence-corrected chi connectivity index (χ0v) is 20.4. The van der Waals surface area contributed by atoms with Crippen LogP contribution in [0, 0.1) is 0 Å². The van der Waals surface area contributed by atoms with Gasteiger partial charge in [0, 0.05) is 67.4 Å². The summed E-state index contributed by atoms with van der Waals surface area (Å²) in [5.41, 5.74) is 7.65. The van der Waals surface area contributed by atoms with Crippen molar-refractivity contribution >= 4 is 11.5 Å². The van der Waals surface area contributed by atoms with E-state index in [4.69, 9.17) is 14.6 Å². The molecule has 0 spiro atoms. The summed E-state index contributed by atoms with van der Waals surface area (Å²) in [6, 6.07) is 11.2. The van der Waals surface area contributed by atoms with Crippen molar-refractivity contribution in [1.29, 1.82) is 0 Å². The van der Waals surface area contributed by atoms with Gasteiger partial charge < -0.3 is 19.3 Å². The Morgan fingerprint density at radius 2 is 2.09 bits per heavy atom. The third-order valence-corrected chi connectivity index (χ3v) is 7.42. The smallest absolute Gasteiger partial charge is 0.213 e. The fourth-order valence-electron chi connectivity index (χ4n) is 5.62. The Bertz CT molecular complexity index is 1210. The fourth-order valence-corrected chi connectivity index (χ4v) is 5.62. The number of benzene rings is 1. The molecule has 0 saturated carbocycles. The van der Waals surface area contributed by atoms with Crippen molar-refractivity contribution in [2.45, 2.75) is 45.2 Å². The number of aryl methyl sites for hydroxylation is 1. The van der Waals surface area contributed by atoms with Gasteiger partial charge in [0.25, 0.3) is 0 Å². The minimum absolute atomic E-state index is 0.339. The molecule has 1 saturated heterocycles. The molecule has 0 amide bonds. The van der Waals surface area contributed by atoms with E-state index in [0.717, 1.165) is 69.9 Å². The molecule has 1 unspecified atom stereocenters. The fraction of sp³-hybridized carbons (Fsp3) is 0.429. The third-order valence-electron chi connectivity index (χ3n) is 7.42. The maximum atomic E-state index is 5.72. The largest absolute Gasteiger partial charge is 0.478 e. The summed E-state index contributed by atoms with van der Waals surface area (Å²) in [6.07, 6.45) is 8.08. The van der Waals surface area contributed by atoms with Crippen molar-refractivity contribution in [3.05, 3.63) is 66.1 Å². The summed E-state index contributed by atoms with van der Waals surface area (Å²) in [4.78, 5) is 9.20. The molecule has 1 fully saturated rings. The number of rotatable bonds is 6. The molecule has 7 heteroatoms. The second-order valence-electron chi connectivity index (χ2n) is 9.53. The molecular formula is C28H33N5O2. The van der Waals surface area contributed by atoms with Gasteiger partial charge in [0.2, 0.25) is 5.88 Å². The number of hydrogen-bond donors (Lipinski definition) is 0. The first-order chi connectivity index (χ1) is 17.2. The van der Waals surface area contributed by atoms with Crippen LogP contribution in [-0.2, 0) is 24.1 Å². The topological polar surface area (TPSA) is 55.7 Å². The summed E-state index contributed by atoms with van der Waals surface area (Å²) >= 11 is 0. The normalized spacial score (nSPS) is 19.4. The zero-order valence-electron chi connectivity index (χ0n) is 20.4. The average molecular weight is 472 g/mol. The molecule has 3 aliphatic rings. The highest BCUT2D eigenvalue weighted by Gasteiger charge is 2.32. The molecule has 3 aromatic rings. The average Bonchev–Trinajstić information content (AvgIpc) is 3.56. The summed E-state index contributed by atoms with van der Waals surface area (Å²) in [6.45, 7) is 11.0. The summed E-state index contributed by atoms with van der Waals surface area (Å²) < 4.78 is 13.5. The highest BCUT2D eigenvalue weighted by Crippen LogP contribution is 2.40. The SMILES string of the molecule is C=CN1CCc2c(c(N3CCCc4cc(-c5ccc(OCC)nc5)ccc43)nn2C2CCOC2)C1. The number of pyridine rings is 1. The molecule has 0 bridgehead atoms. The van der Waals surface area contributed by atoms with Crippen molar-refractivity contribution in [2.75, 3.05) is 37.8 Å². The lowest BCUT2D eigenvalue weighted by Gasteiger charge is -2.32. The molecule has 7 nitrogen and oxygen atoms in total. The van der Waals surface area contributed by atoms with Gasteiger partial charge in [0.15, 0.2) is 5.82 Å². The molecule has 6 rings (SSSR count). The van der Waals surface area contributed by atoms with Crippen molar-refractivity contribution in [2.24, 2.45) is 0 Å². The summed E-state index contributed by atoms with van der Waals surface area (Å²) in [5.74, 6) is 1.77. The first kappa shape index (κ1) is 22.2. The Labute approximate surface area is 207 Å².